The fourth-order valence-electron chi connectivity index (χ4n) is 3.47. The first-order valence-corrected chi connectivity index (χ1v) is 12.6. The van der Waals surface area contributed by atoms with Crippen molar-refractivity contribution in [3.05, 3.63) is 130 Å². The molecule has 0 aliphatic carbocycles. The second-order valence-electron chi connectivity index (χ2n) is 7.52. The molecule has 4 aromatic rings. The van der Waals surface area contributed by atoms with Crippen molar-refractivity contribution >= 4 is 44.8 Å². The van der Waals surface area contributed by atoms with E-state index >= 15 is 0 Å². The topological polar surface area (TPSA) is 75.3 Å². The van der Waals surface area contributed by atoms with Gasteiger partial charge in [-0.2, -0.15) is 4.72 Å². The molecule has 0 fully saturated rings. The zero-order chi connectivity index (χ0) is 24.1. The van der Waals surface area contributed by atoms with Crippen LogP contribution in [0.5, 0.6) is 0 Å². The highest BCUT2D eigenvalue weighted by molar-refractivity contribution is 7.89. The number of sulfonamides is 1. The van der Waals surface area contributed by atoms with E-state index in [-0.39, 0.29) is 10.5 Å². The molecule has 0 heterocycles. The molecule has 0 unspecified atom stereocenters. The molecule has 172 valence electrons. The third-order valence-corrected chi connectivity index (χ3v) is 6.92. The molecule has 0 saturated carbocycles. The van der Waals surface area contributed by atoms with Crippen molar-refractivity contribution in [2.45, 2.75) is 10.9 Å². The zero-order valence-electron chi connectivity index (χ0n) is 17.8. The standard InChI is InChI=1S/C26H20Cl2N2O3S/c27-21-14-20(15-22(28)16-21)26(31)29-23-12-7-13-24(17-23)34(32,33)30-25(18-8-3-1-4-9-18)19-10-5-2-6-11-19/h1-17,25,30H,(H,29,31). The fourth-order valence-corrected chi connectivity index (χ4v) is 5.26. The lowest BCUT2D eigenvalue weighted by molar-refractivity contribution is 0.102. The molecule has 8 heteroatoms. The summed E-state index contributed by atoms with van der Waals surface area (Å²) in [7, 11) is -3.94. The summed E-state index contributed by atoms with van der Waals surface area (Å²) in [6.45, 7) is 0. The summed E-state index contributed by atoms with van der Waals surface area (Å²) in [5.74, 6) is -0.460. The SMILES string of the molecule is O=C(Nc1cccc(S(=O)(=O)NC(c2ccccc2)c2ccccc2)c1)c1cc(Cl)cc(Cl)c1. The molecule has 0 saturated heterocycles. The molecule has 4 rings (SSSR count). The van der Waals surface area contributed by atoms with E-state index in [0.29, 0.717) is 15.7 Å². The fraction of sp³-hybridized carbons (Fsp3) is 0.0385. The highest BCUT2D eigenvalue weighted by Gasteiger charge is 2.23. The van der Waals surface area contributed by atoms with Crippen LogP contribution < -0.4 is 10.0 Å². The van der Waals surface area contributed by atoms with Gasteiger partial charge < -0.3 is 5.32 Å². The predicted octanol–water partition coefficient (Wildman–Crippen LogP) is 6.31. The van der Waals surface area contributed by atoms with Crippen molar-refractivity contribution in [3.63, 3.8) is 0 Å². The van der Waals surface area contributed by atoms with E-state index in [1.807, 2.05) is 60.7 Å². The summed E-state index contributed by atoms with van der Waals surface area (Å²) in [5, 5.41) is 3.34. The molecule has 1 amide bonds. The lowest BCUT2D eigenvalue weighted by Gasteiger charge is -2.20. The molecule has 0 atom stereocenters. The molecule has 0 radical (unpaired) electrons. The monoisotopic (exact) mass is 510 g/mol. The van der Waals surface area contributed by atoms with Crippen LogP contribution in [0.3, 0.4) is 0 Å². The first-order chi connectivity index (χ1) is 16.3. The molecule has 0 spiro atoms. The van der Waals surface area contributed by atoms with Gasteiger partial charge in [0.15, 0.2) is 0 Å². The number of hydrogen-bond acceptors (Lipinski definition) is 3. The average Bonchev–Trinajstić information content (AvgIpc) is 2.83. The summed E-state index contributed by atoms with van der Waals surface area (Å²) in [6, 6.07) is 28.6. The third kappa shape index (κ3) is 5.85. The van der Waals surface area contributed by atoms with Crippen molar-refractivity contribution in [1.82, 2.24) is 4.72 Å². The maximum atomic E-state index is 13.3. The van der Waals surface area contributed by atoms with Crippen LogP contribution in [0, 0.1) is 0 Å². The highest BCUT2D eigenvalue weighted by atomic mass is 35.5. The average molecular weight is 511 g/mol. The number of anilines is 1. The van der Waals surface area contributed by atoms with Crippen LogP contribution in [0.15, 0.2) is 108 Å². The number of hydrogen-bond donors (Lipinski definition) is 2. The Morgan fingerprint density at radius 1 is 0.706 bits per heavy atom. The molecular weight excluding hydrogens is 491 g/mol. The lowest BCUT2D eigenvalue weighted by atomic mass is 10.00. The second kappa shape index (κ2) is 10.4. The molecule has 0 bridgehead atoms. The van der Waals surface area contributed by atoms with Crippen molar-refractivity contribution in [2.24, 2.45) is 0 Å². The van der Waals surface area contributed by atoms with Crippen molar-refractivity contribution in [1.29, 1.82) is 0 Å². The number of carbonyl (C=O) groups is 1. The summed E-state index contributed by atoms with van der Waals surface area (Å²) in [6.07, 6.45) is 0. The third-order valence-electron chi connectivity index (χ3n) is 5.07. The van der Waals surface area contributed by atoms with E-state index in [2.05, 4.69) is 10.0 Å². The molecule has 0 aliphatic rings. The van der Waals surface area contributed by atoms with Crippen LogP contribution >= 0.6 is 23.2 Å². The van der Waals surface area contributed by atoms with Crippen LogP contribution in [0.1, 0.15) is 27.5 Å². The molecule has 34 heavy (non-hydrogen) atoms. The Balaban J connectivity index is 1.61. The van der Waals surface area contributed by atoms with Gasteiger partial charge in [0, 0.05) is 21.3 Å². The largest absolute Gasteiger partial charge is 0.322 e. The lowest BCUT2D eigenvalue weighted by Crippen LogP contribution is -2.29. The molecule has 0 aromatic heterocycles. The summed E-state index contributed by atoms with van der Waals surface area (Å²) in [4.78, 5) is 12.7. The minimum Gasteiger partial charge on any atom is -0.322 e. The van der Waals surface area contributed by atoms with Crippen molar-refractivity contribution in [3.8, 4) is 0 Å². The number of amides is 1. The van der Waals surface area contributed by atoms with Gasteiger partial charge in [-0.15, -0.1) is 0 Å². The van der Waals surface area contributed by atoms with E-state index in [0.717, 1.165) is 11.1 Å². The quantitative estimate of drug-likeness (QED) is 0.305. The van der Waals surface area contributed by atoms with Crippen LogP contribution in [0.25, 0.3) is 0 Å². The minimum atomic E-state index is -3.94. The molecule has 4 aromatic carbocycles. The van der Waals surface area contributed by atoms with Gasteiger partial charge in [0.2, 0.25) is 10.0 Å². The van der Waals surface area contributed by atoms with Gasteiger partial charge in [-0.05, 0) is 47.5 Å². The van der Waals surface area contributed by atoms with Gasteiger partial charge in [0.05, 0.1) is 10.9 Å². The predicted molar refractivity (Wildman–Crippen MR) is 136 cm³/mol. The molecule has 2 N–H and O–H groups in total. The van der Waals surface area contributed by atoms with Gasteiger partial charge >= 0.3 is 0 Å². The van der Waals surface area contributed by atoms with Gasteiger partial charge in [-0.1, -0.05) is 89.9 Å². The number of nitrogens with one attached hydrogen (secondary N) is 2. The summed E-state index contributed by atoms with van der Waals surface area (Å²) >= 11 is 12.0. The van der Waals surface area contributed by atoms with Crippen molar-refractivity contribution in [2.75, 3.05) is 5.32 Å². The van der Waals surface area contributed by atoms with E-state index in [9.17, 15) is 13.2 Å². The van der Waals surface area contributed by atoms with Crippen molar-refractivity contribution < 1.29 is 13.2 Å². The molecule has 0 aliphatic heterocycles. The minimum absolute atomic E-state index is 0.0197. The number of benzene rings is 4. The Kier molecular flexibility index (Phi) is 7.34. The van der Waals surface area contributed by atoms with E-state index in [1.165, 1.54) is 30.3 Å². The second-order valence-corrected chi connectivity index (χ2v) is 10.1. The zero-order valence-corrected chi connectivity index (χ0v) is 20.1. The van der Waals surface area contributed by atoms with Crippen LogP contribution in [0.4, 0.5) is 5.69 Å². The maximum absolute atomic E-state index is 13.3. The highest BCUT2D eigenvalue weighted by Crippen LogP contribution is 2.26. The number of carbonyl (C=O) groups excluding carboxylic acids is 1. The Morgan fingerprint density at radius 2 is 1.26 bits per heavy atom. The van der Waals surface area contributed by atoms with Gasteiger partial charge in [0.1, 0.15) is 0 Å². The Labute approximate surface area is 208 Å². The Morgan fingerprint density at radius 3 is 1.82 bits per heavy atom. The Bertz CT molecular complexity index is 1350. The first kappa shape index (κ1) is 24.0. The van der Waals surface area contributed by atoms with E-state index in [4.69, 9.17) is 23.2 Å². The molecular formula is C26H20Cl2N2O3S. The summed E-state index contributed by atoms with van der Waals surface area (Å²) < 4.78 is 29.4. The van der Waals surface area contributed by atoms with Crippen LogP contribution in [-0.4, -0.2) is 14.3 Å². The normalized spacial score (nSPS) is 11.4. The smallest absolute Gasteiger partial charge is 0.255 e. The van der Waals surface area contributed by atoms with Gasteiger partial charge in [-0.3, -0.25) is 4.79 Å². The summed E-state index contributed by atoms with van der Waals surface area (Å²) in [5.41, 5.74) is 2.19. The van der Waals surface area contributed by atoms with Gasteiger partial charge in [0.25, 0.3) is 5.91 Å². The van der Waals surface area contributed by atoms with E-state index in [1.54, 1.807) is 12.1 Å². The number of rotatable bonds is 7. The maximum Gasteiger partial charge on any atom is 0.255 e. The van der Waals surface area contributed by atoms with Crippen LogP contribution in [0.2, 0.25) is 10.0 Å². The first-order valence-electron chi connectivity index (χ1n) is 10.3. The molecule has 5 nitrogen and oxygen atoms in total. The van der Waals surface area contributed by atoms with Crippen LogP contribution in [-0.2, 0) is 10.0 Å². The van der Waals surface area contributed by atoms with E-state index < -0.39 is 22.0 Å². The number of halogens is 2. The Hall–Kier alpha value is -3.16. The van der Waals surface area contributed by atoms with Gasteiger partial charge in [-0.25, -0.2) is 8.42 Å².